The summed E-state index contributed by atoms with van der Waals surface area (Å²) in [7, 11) is -2.04. The summed E-state index contributed by atoms with van der Waals surface area (Å²) in [5.41, 5.74) is 0. The van der Waals surface area contributed by atoms with Gasteiger partial charge < -0.3 is 14.4 Å². The zero-order chi connectivity index (χ0) is 17.9. The minimum absolute atomic E-state index is 0.0223. The lowest BCUT2D eigenvalue weighted by Crippen LogP contribution is -2.67. The van der Waals surface area contributed by atoms with Crippen LogP contribution in [0.4, 0.5) is 0 Å². The number of carboxylic acids is 1. The highest BCUT2D eigenvalue weighted by Gasteiger charge is 2.65. The zero-order valence-corrected chi connectivity index (χ0v) is 15.9. The summed E-state index contributed by atoms with van der Waals surface area (Å²) in [6.07, 6.45) is -0.313. The minimum atomic E-state index is -2.04. The van der Waals surface area contributed by atoms with E-state index in [1.807, 2.05) is 6.92 Å². The van der Waals surface area contributed by atoms with Gasteiger partial charge in [-0.05, 0) is 25.1 Å². The number of ketones is 1. The second-order valence-electron chi connectivity index (χ2n) is 8.28. The van der Waals surface area contributed by atoms with Crippen LogP contribution < -0.4 is 0 Å². The highest BCUT2D eigenvalue weighted by atomic mass is 28.4. The van der Waals surface area contributed by atoms with Crippen LogP contribution in [0.25, 0.3) is 0 Å². The van der Waals surface area contributed by atoms with Gasteiger partial charge in [-0.1, -0.05) is 27.7 Å². The molecule has 1 N–H and O–H groups in total. The molecular weight excluding hydrogens is 314 g/mol. The predicted octanol–water partition coefficient (Wildman–Crippen LogP) is 1.90. The summed E-state index contributed by atoms with van der Waals surface area (Å²) >= 11 is 0. The van der Waals surface area contributed by atoms with E-state index in [-0.39, 0.29) is 28.9 Å². The Hall–Kier alpha value is -1.21. The number of carboxylic acid groups (broad SMARTS) is 1. The van der Waals surface area contributed by atoms with Crippen molar-refractivity contribution in [3.05, 3.63) is 0 Å². The summed E-state index contributed by atoms with van der Waals surface area (Å²) in [6, 6.07) is -1.67. The molecule has 0 radical (unpaired) electrons. The highest BCUT2D eigenvalue weighted by molar-refractivity contribution is 6.74. The Bertz CT molecular complexity index is 553. The summed E-state index contributed by atoms with van der Waals surface area (Å²) < 4.78 is 6.30. The van der Waals surface area contributed by atoms with E-state index in [0.717, 1.165) is 0 Å². The van der Waals surface area contributed by atoms with Crippen LogP contribution in [0.15, 0.2) is 0 Å². The van der Waals surface area contributed by atoms with E-state index in [4.69, 9.17) is 4.43 Å². The van der Waals surface area contributed by atoms with Gasteiger partial charge in [-0.3, -0.25) is 9.59 Å². The first kappa shape index (κ1) is 18.1. The number of β-lactam (4-membered cyclic amide) rings is 1. The molecule has 2 fully saturated rings. The SMILES string of the molecule is C[C@@H](O[Si](C)(C)C(C)(C)C)[C@H]1C(=O)N2[C@@H](C(=O)O)C(=O)[C@H](C)[C@H]12. The van der Waals surface area contributed by atoms with E-state index in [2.05, 4.69) is 33.9 Å². The maximum Gasteiger partial charge on any atom is 0.334 e. The van der Waals surface area contributed by atoms with Crippen LogP contribution in [0, 0.1) is 11.8 Å². The minimum Gasteiger partial charge on any atom is -0.479 e. The number of nitrogens with zero attached hydrogens (tertiary/aromatic N) is 1. The van der Waals surface area contributed by atoms with Crippen molar-refractivity contribution in [1.29, 1.82) is 0 Å². The lowest BCUT2D eigenvalue weighted by atomic mass is 9.79. The fraction of sp³-hybridized carbons (Fsp3) is 0.812. The summed E-state index contributed by atoms with van der Waals surface area (Å²) in [6.45, 7) is 14.2. The summed E-state index contributed by atoms with van der Waals surface area (Å²) in [5, 5.41) is 9.24. The lowest BCUT2D eigenvalue weighted by Gasteiger charge is -2.49. The Balaban J connectivity index is 2.19. The zero-order valence-electron chi connectivity index (χ0n) is 14.9. The molecule has 5 atom stereocenters. The monoisotopic (exact) mass is 341 g/mol. The normalized spacial score (nSPS) is 32.6. The molecular formula is C16H27NO5Si. The van der Waals surface area contributed by atoms with Gasteiger partial charge in [-0.2, -0.15) is 0 Å². The maximum absolute atomic E-state index is 12.5. The molecule has 6 nitrogen and oxygen atoms in total. The smallest absolute Gasteiger partial charge is 0.334 e. The molecule has 2 saturated heterocycles. The Labute approximate surface area is 138 Å². The van der Waals surface area contributed by atoms with Gasteiger partial charge in [0.1, 0.15) is 0 Å². The van der Waals surface area contributed by atoms with Crippen molar-refractivity contribution >= 4 is 26.0 Å². The molecule has 2 aliphatic heterocycles. The summed E-state index contributed by atoms with van der Waals surface area (Å²) in [5.74, 6) is -2.77. The Morgan fingerprint density at radius 3 is 2.26 bits per heavy atom. The predicted molar refractivity (Wildman–Crippen MR) is 87.5 cm³/mol. The van der Waals surface area contributed by atoms with Crippen LogP contribution >= 0.6 is 0 Å². The Morgan fingerprint density at radius 2 is 1.83 bits per heavy atom. The second kappa shape index (κ2) is 5.41. The molecule has 2 rings (SSSR count). The average molecular weight is 341 g/mol. The molecule has 0 aliphatic carbocycles. The van der Waals surface area contributed by atoms with Crippen LogP contribution in [0.2, 0.25) is 18.1 Å². The van der Waals surface area contributed by atoms with Crippen LogP contribution in [-0.4, -0.2) is 54.2 Å². The molecule has 2 aliphatic rings. The first-order chi connectivity index (χ1) is 10.3. The van der Waals surface area contributed by atoms with Gasteiger partial charge in [0.05, 0.1) is 18.1 Å². The number of hydrogen-bond acceptors (Lipinski definition) is 4. The highest BCUT2D eigenvalue weighted by Crippen LogP contribution is 2.45. The van der Waals surface area contributed by atoms with Crippen molar-refractivity contribution in [2.45, 2.75) is 70.9 Å². The molecule has 0 aromatic rings. The topological polar surface area (TPSA) is 83.9 Å². The van der Waals surface area contributed by atoms with E-state index in [9.17, 15) is 19.5 Å². The molecule has 130 valence electrons. The van der Waals surface area contributed by atoms with Crippen molar-refractivity contribution in [2.75, 3.05) is 0 Å². The molecule has 7 heteroatoms. The average Bonchev–Trinajstić information content (AvgIpc) is 2.58. The second-order valence-corrected chi connectivity index (χ2v) is 13.0. The molecule has 0 bridgehead atoms. The van der Waals surface area contributed by atoms with E-state index in [1.54, 1.807) is 6.92 Å². The lowest BCUT2D eigenvalue weighted by molar-refractivity contribution is -0.170. The van der Waals surface area contributed by atoms with Gasteiger partial charge in [0.2, 0.25) is 5.91 Å². The Kier molecular flexibility index (Phi) is 4.26. The number of amides is 1. The molecule has 0 aromatic heterocycles. The fourth-order valence-corrected chi connectivity index (χ4v) is 4.83. The largest absolute Gasteiger partial charge is 0.479 e. The number of Topliss-reactive ketones (excluding diaryl/α,β-unsaturated/α-hetero) is 1. The van der Waals surface area contributed by atoms with E-state index >= 15 is 0 Å². The van der Waals surface area contributed by atoms with Crippen LogP contribution in [0.1, 0.15) is 34.6 Å². The van der Waals surface area contributed by atoms with Gasteiger partial charge in [0, 0.05) is 5.92 Å². The van der Waals surface area contributed by atoms with Crippen molar-refractivity contribution in [2.24, 2.45) is 11.8 Å². The van der Waals surface area contributed by atoms with Crippen LogP contribution in [0.5, 0.6) is 0 Å². The van der Waals surface area contributed by atoms with Gasteiger partial charge in [0.15, 0.2) is 20.1 Å². The van der Waals surface area contributed by atoms with Crippen LogP contribution in [0.3, 0.4) is 0 Å². The fourth-order valence-electron chi connectivity index (χ4n) is 3.40. The number of aliphatic carboxylic acids is 1. The summed E-state index contributed by atoms with van der Waals surface area (Å²) in [4.78, 5) is 37.2. The third kappa shape index (κ3) is 2.63. The number of carbonyl (C=O) groups excluding carboxylic acids is 2. The van der Waals surface area contributed by atoms with Gasteiger partial charge >= 0.3 is 5.97 Å². The van der Waals surface area contributed by atoms with Crippen molar-refractivity contribution in [3.63, 3.8) is 0 Å². The van der Waals surface area contributed by atoms with E-state index in [1.165, 1.54) is 4.90 Å². The number of fused-ring (bicyclic) bond motifs is 1. The number of rotatable bonds is 4. The number of carbonyl (C=O) groups is 3. The number of hydrogen-bond donors (Lipinski definition) is 1. The first-order valence-electron chi connectivity index (χ1n) is 8.08. The van der Waals surface area contributed by atoms with Crippen molar-refractivity contribution in [1.82, 2.24) is 4.90 Å². The maximum atomic E-state index is 12.5. The molecule has 0 saturated carbocycles. The standard InChI is InChI=1S/C16H27NO5Si/c1-8-11-10(9(2)22-23(6,7)16(3,4)5)14(19)17(11)12(13(8)18)15(20)21/h8-12H,1-7H3,(H,20,21)/t8-,9-,10-,11-,12-/m1/s1. The quantitative estimate of drug-likeness (QED) is 0.480. The third-order valence-electron chi connectivity index (χ3n) is 5.76. The molecule has 1 amide bonds. The molecule has 23 heavy (non-hydrogen) atoms. The van der Waals surface area contributed by atoms with Crippen molar-refractivity contribution in [3.8, 4) is 0 Å². The van der Waals surface area contributed by atoms with Crippen LogP contribution in [-0.2, 0) is 18.8 Å². The van der Waals surface area contributed by atoms with Gasteiger partial charge in [-0.15, -0.1) is 0 Å². The molecule has 0 unspecified atom stereocenters. The molecule has 0 spiro atoms. The van der Waals surface area contributed by atoms with Gasteiger partial charge in [0.25, 0.3) is 0 Å². The van der Waals surface area contributed by atoms with Crippen molar-refractivity contribution < 1.29 is 23.9 Å². The molecule has 2 heterocycles. The molecule has 0 aromatic carbocycles. The Morgan fingerprint density at radius 1 is 1.30 bits per heavy atom. The third-order valence-corrected chi connectivity index (χ3v) is 10.3. The van der Waals surface area contributed by atoms with E-state index < -0.39 is 32.2 Å². The van der Waals surface area contributed by atoms with E-state index in [0.29, 0.717) is 0 Å². The first-order valence-corrected chi connectivity index (χ1v) is 11.0. The van der Waals surface area contributed by atoms with Gasteiger partial charge in [-0.25, -0.2) is 4.79 Å².